The van der Waals surface area contributed by atoms with Crippen LogP contribution in [0.5, 0.6) is 0 Å². The van der Waals surface area contributed by atoms with Crippen LogP contribution in [0, 0.1) is 6.92 Å². The van der Waals surface area contributed by atoms with Gasteiger partial charge in [-0.1, -0.05) is 29.8 Å². The molecule has 21 heavy (non-hydrogen) atoms. The first-order valence-corrected chi connectivity index (χ1v) is 7.09. The highest BCUT2D eigenvalue weighted by Crippen LogP contribution is 2.41. The Morgan fingerprint density at radius 2 is 1.86 bits per heavy atom. The van der Waals surface area contributed by atoms with Gasteiger partial charge in [0.05, 0.1) is 0 Å². The van der Waals surface area contributed by atoms with Crippen LogP contribution in [0.15, 0.2) is 35.9 Å². The quantitative estimate of drug-likeness (QED) is 0.693. The van der Waals surface area contributed by atoms with Gasteiger partial charge in [0.15, 0.2) is 0 Å². The van der Waals surface area contributed by atoms with Crippen LogP contribution in [-0.4, -0.2) is 17.7 Å². The maximum absolute atomic E-state index is 12.6. The van der Waals surface area contributed by atoms with Crippen molar-refractivity contribution < 1.29 is 14.3 Å². The molecule has 0 saturated carbocycles. The smallest absolute Gasteiger partial charge is 0.234 e. The number of rotatable bonds is 0. The second-order valence-electron chi connectivity index (χ2n) is 5.81. The zero-order valence-electron chi connectivity index (χ0n) is 11.9. The number of hydrogen-bond acceptors (Lipinski definition) is 3. The van der Waals surface area contributed by atoms with Crippen molar-refractivity contribution in [1.29, 1.82) is 0 Å². The second kappa shape index (κ2) is 4.04. The minimum absolute atomic E-state index is 0.0501. The molecule has 0 spiro atoms. The first-order valence-electron chi connectivity index (χ1n) is 7.09. The van der Waals surface area contributed by atoms with Crippen LogP contribution >= 0.6 is 0 Å². The van der Waals surface area contributed by atoms with Gasteiger partial charge in [0.2, 0.25) is 11.6 Å². The van der Waals surface area contributed by atoms with Gasteiger partial charge in [0.25, 0.3) is 0 Å². The Bertz CT molecular complexity index is 858. The molecule has 2 aromatic carbocycles. The first-order chi connectivity index (χ1) is 10.1. The third-order valence-electron chi connectivity index (χ3n) is 4.21. The van der Waals surface area contributed by atoms with Crippen LogP contribution in [0.3, 0.4) is 0 Å². The van der Waals surface area contributed by atoms with E-state index in [0.29, 0.717) is 23.3 Å². The number of fused-ring (bicyclic) bond motifs is 4. The molecule has 0 fully saturated rings. The molecule has 0 saturated heterocycles. The topological polar surface area (TPSA) is 43.4 Å². The fourth-order valence-electron chi connectivity index (χ4n) is 3.23. The van der Waals surface area contributed by atoms with E-state index >= 15 is 0 Å². The number of ether oxygens (including phenoxy) is 1. The van der Waals surface area contributed by atoms with Crippen molar-refractivity contribution in [1.82, 2.24) is 0 Å². The summed E-state index contributed by atoms with van der Waals surface area (Å²) in [6, 6.07) is 9.81. The van der Waals surface area contributed by atoms with Crippen LogP contribution < -0.4 is 0 Å². The van der Waals surface area contributed by atoms with E-state index in [1.54, 1.807) is 0 Å². The number of hydrogen-bond donors (Lipinski definition) is 0. The van der Waals surface area contributed by atoms with Gasteiger partial charge >= 0.3 is 0 Å². The molecule has 0 radical (unpaired) electrons. The summed E-state index contributed by atoms with van der Waals surface area (Å²) >= 11 is 0. The van der Waals surface area contributed by atoms with E-state index in [-0.39, 0.29) is 6.10 Å². The molecule has 2 aliphatic rings. The van der Waals surface area contributed by atoms with E-state index < -0.39 is 11.6 Å². The molecule has 0 amide bonds. The Morgan fingerprint density at radius 3 is 2.67 bits per heavy atom. The molecule has 3 nitrogen and oxygen atoms in total. The van der Waals surface area contributed by atoms with Gasteiger partial charge in [-0.2, -0.15) is 0 Å². The van der Waals surface area contributed by atoms with Crippen molar-refractivity contribution >= 4 is 28.1 Å². The molecule has 1 heterocycles. The first kappa shape index (κ1) is 12.3. The lowest BCUT2D eigenvalue weighted by molar-refractivity contribution is -0.111. The lowest BCUT2D eigenvalue weighted by Crippen LogP contribution is -2.22. The summed E-state index contributed by atoms with van der Waals surface area (Å²) in [5.74, 6) is -0.209. The zero-order chi connectivity index (χ0) is 14.7. The summed E-state index contributed by atoms with van der Waals surface area (Å²) in [7, 11) is 0. The van der Waals surface area contributed by atoms with E-state index in [2.05, 4.69) is 0 Å². The Labute approximate surface area is 122 Å². The summed E-state index contributed by atoms with van der Waals surface area (Å²) in [6.45, 7) is 3.90. The predicted molar refractivity (Wildman–Crippen MR) is 80.1 cm³/mol. The molecule has 3 heteroatoms. The Morgan fingerprint density at radius 1 is 1.10 bits per heavy atom. The third-order valence-corrected chi connectivity index (χ3v) is 4.21. The highest BCUT2D eigenvalue weighted by molar-refractivity contribution is 6.54. The molecule has 104 valence electrons. The lowest BCUT2D eigenvalue weighted by atomic mass is 9.84. The minimum atomic E-state index is -0.407. The van der Waals surface area contributed by atoms with E-state index in [4.69, 9.17) is 4.74 Å². The highest BCUT2D eigenvalue weighted by atomic mass is 16.5. The molecule has 1 unspecified atom stereocenters. The van der Waals surface area contributed by atoms with Crippen LogP contribution in [-0.2, 0) is 9.53 Å². The highest BCUT2D eigenvalue weighted by Gasteiger charge is 2.39. The molecule has 1 aliphatic heterocycles. The van der Waals surface area contributed by atoms with Crippen molar-refractivity contribution in [2.75, 3.05) is 0 Å². The largest absolute Gasteiger partial charge is 0.489 e. The summed E-state index contributed by atoms with van der Waals surface area (Å²) in [5.41, 5.74) is 2.86. The molecular weight excluding hydrogens is 264 g/mol. The Balaban J connectivity index is 2.09. The van der Waals surface area contributed by atoms with Crippen molar-refractivity contribution in [2.45, 2.75) is 26.4 Å². The summed E-state index contributed by atoms with van der Waals surface area (Å²) < 4.78 is 5.80. The molecule has 1 aliphatic carbocycles. The molecular formula is C18H14O3. The minimum Gasteiger partial charge on any atom is -0.489 e. The molecule has 0 aromatic heterocycles. The molecule has 4 rings (SSSR count). The normalized spacial score (nSPS) is 20.6. The molecule has 1 atom stereocenters. The molecule has 0 bridgehead atoms. The van der Waals surface area contributed by atoms with Crippen LogP contribution in [0.2, 0.25) is 0 Å². The fourth-order valence-corrected chi connectivity index (χ4v) is 3.23. The maximum atomic E-state index is 12.6. The van der Waals surface area contributed by atoms with E-state index in [1.807, 2.05) is 44.2 Å². The SMILES string of the molecule is Cc1ccc2ccc3c(c2c1)C(=O)C(=O)C1=C3OC(C)C1. The monoisotopic (exact) mass is 278 g/mol. The number of Topliss-reactive ketones (excluding diaryl/α,β-unsaturated/α-hetero) is 2. The average molecular weight is 278 g/mol. The maximum Gasteiger partial charge on any atom is 0.234 e. The van der Waals surface area contributed by atoms with Crippen LogP contribution in [0.4, 0.5) is 0 Å². The van der Waals surface area contributed by atoms with Gasteiger partial charge in [-0.25, -0.2) is 0 Å². The number of carbonyl (C=O) groups is 2. The van der Waals surface area contributed by atoms with Gasteiger partial charge in [-0.3, -0.25) is 9.59 Å². The number of carbonyl (C=O) groups excluding carboxylic acids is 2. The number of ketones is 2. The van der Waals surface area contributed by atoms with Gasteiger partial charge in [-0.05, 0) is 30.7 Å². The third kappa shape index (κ3) is 1.60. The summed E-state index contributed by atoms with van der Waals surface area (Å²) in [5, 5.41) is 1.80. The second-order valence-corrected chi connectivity index (χ2v) is 5.81. The van der Waals surface area contributed by atoms with E-state index in [0.717, 1.165) is 21.9 Å². The Kier molecular flexibility index (Phi) is 2.37. The Hall–Kier alpha value is -2.42. The number of aryl methyl sites for hydroxylation is 1. The van der Waals surface area contributed by atoms with E-state index in [1.165, 1.54) is 0 Å². The van der Waals surface area contributed by atoms with Gasteiger partial charge in [-0.15, -0.1) is 0 Å². The zero-order valence-corrected chi connectivity index (χ0v) is 11.9. The lowest BCUT2D eigenvalue weighted by Gasteiger charge is -2.18. The van der Waals surface area contributed by atoms with Gasteiger partial charge in [0, 0.05) is 23.1 Å². The van der Waals surface area contributed by atoms with Crippen LogP contribution in [0.1, 0.15) is 34.8 Å². The molecule has 0 N–H and O–H groups in total. The van der Waals surface area contributed by atoms with Gasteiger partial charge in [0.1, 0.15) is 11.9 Å². The number of benzene rings is 2. The average Bonchev–Trinajstić information content (AvgIpc) is 2.85. The predicted octanol–water partition coefficient (Wildman–Crippen LogP) is 3.43. The fraction of sp³-hybridized carbons (Fsp3) is 0.222. The standard InChI is InChI=1S/C18H14O3/c1-9-3-4-11-5-6-12-15(13(11)7-9)17(20)16(19)14-8-10(2)21-18(12)14/h3-7,10H,8H2,1-2H3. The van der Waals surface area contributed by atoms with Crippen molar-refractivity contribution in [2.24, 2.45) is 0 Å². The van der Waals surface area contributed by atoms with Crippen molar-refractivity contribution in [3.05, 3.63) is 52.6 Å². The summed E-state index contributed by atoms with van der Waals surface area (Å²) in [6.07, 6.45) is 0.469. The van der Waals surface area contributed by atoms with Crippen molar-refractivity contribution in [3.8, 4) is 0 Å². The van der Waals surface area contributed by atoms with Crippen molar-refractivity contribution in [3.63, 3.8) is 0 Å². The van der Waals surface area contributed by atoms with Gasteiger partial charge < -0.3 is 4.74 Å². The van der Waals surface area contributed by atoms with E-state index in [9.17, 15) is 9.59 Å². The van der Waals surface area contributed by atoms with Crippen LogP contribution in [0.25, 0.3) is 16.5 Å². The molecule has 2 aromatic rings. The summed E-state index contributed by atoms with van der Waals surface area (Å²) in [4.78, 5) is 24.9.